The van der Waals surface area contributed by atoms with Crippen molar-refractivity contribution >= 4 is 45.9 Å². The monoisotopic (exact) mass is 376 g/mol. The summed E-state index contributed by atoms with van der Waals surface area (Å²) in [4.78, 5) is 24.9. The average molecular weight is 377 g/mol. The molecule has 3 aromatic rings. The summed E-state index contributed by atoms with van der Waals surface area (Å²) in [7, 11) is 1.71. The summed E-state index contributed by atoms with van der Waals surface area (Å²) in [5, 5.41) is 3.52. The molecule has 0 atom stereocenters. The molecule has 1 amide bonds. The van der Waals surface area contributed by atoms with Crippen molar-refractivity contribution in [1.82, 2.24) is 4.57 Å². The molecule has 1 N–H and O–H groups in total. The SMILES string of the molecule is Cn1c(=O)cc(SCC(=O)Nc2ccc(F)c(Cl)c2)c2ccccc21. The van der Waals surface area contributed by atoms with Crippen LogP contribution in [0.25, 0.3) is 10.9 Å². The van der Waals surface area contributed by atoms with Crippen LogP contribution in [0.15, 0.2) is 58.2 Å². The van der Waals surface area contributed by atoms with Gasteiger partial charge in [0.15, 0.2) is 0 Å². The largest absolute Gasteiger partial charge is 0.325 e. The highest BCUT2D eigenvalue weighted by Gasteiger charge is 2.10. The third kappa shape index (κ3) is 3.86. The van der Waals surface area contributed by atoms with Gasteiger partial charge in [-0.05, 0) is 24.3 Å². The lowest BCUT2D eigenvalue weighted by molar-refractivity contribution is -0.113. The molecule has 0 aliphatic rings. The van der Waals surface area contributed by atoms with Crippen LogP contribution >= 0.6 is 23.4 Å². The molecule has 25 heavy (non-hydrogen) atoms. The molecule has 128 valence electrons. The van der Waals surface area contributed by atoms with Crippen LogP contribution in [0, 0.1) is 5.82 Å². The Hall–Kier alpha value is -2.31. The minimum atomic E-state index is -0.541. The van der Waals surface area contributed by atoms with Gasteiger partial charge in [-0.25, -0.2) is 4.39 Å². The second-order valence-corrected chi connectivity index (χ2v) is 6.81. The number of hydrogen-bond acceptors (Lipinski definition) is 3. The van der Waals surface area contributed by atoms with Gasteiger partial charge in [-0.3, -0.25) is 9.59 Å². The van der Waals surface area contributed by atoms with E-state index in [1.807, 2.05) is 24.3 Å². The van der Waals surface area contributed by atoms with Crippen molar-refractivity contribution in [1.29, 1.82) is 0 Å². The molecule has 0 saturated heterocycles. The zero-order chi connectivity index (χ0) is 18.0. The van der Waals surface area contributed by atoms with Crippen LogP contribution in [-0.2, 0) is 11.8 Å². The number of carbonyl (C=O) groups excluding carboxylic acids is 1. The molecule has 0 aliphatic carbocycles. The molecule has 3 rings (SSSR count). The molecule has 2 aromatic carbocycles. The van der Waals surface area contributed by atoms with Crippen LogP contribution < -0.4 is 10.9 Å². The first-order valence-electron chi connectivity index (χ1n) is 7.42. The van der Waals surface area contributed by atoms with Gasteiger partial charge in [0.05, 0.1) is 16.3 Å². The summed E-state index contributed by atoms with van der Waals surface area (Å²) in [6.07, 6.45) is 0. The van der Waals surface area contributed by atoms with E-state index in [0.717, 1.165) is 15.8 Å². The lowest BCUT2D eigenvalue weighted by Crippen LogP contribution is -2.17. The second kappa shape index (κ2) is 7.29. The first kappa shape index (κ1) is 17.5. The number of benzene rings is 2. The van der Waals surface area contributed by atoms with Gasteiger partial charge in [-0.1, -0.05) is 29.8 Å². The Morgan fingerprint density at radius 2 is 2.00 bits per heavy atom. The van der Waals surface area contributed by atoms with Gasteiger partial charge >= 0.3 is 0 Å². The Morgan fingerprint density at radius 1 is 1.24 bits per heavy atom. The van der Waals surface area contributed by atoms with Crippen LogP contribution in [0.5, 0.6) is 0 Å². The van der Waals surface area contributed by atoms with Crippen molar-refractivity contribution in [3.05, 3.63) is 69.7 Å². The fraction of sp³-hybridized carbons (Fsp3) is 0.111. The number of amides is 1. The summed E-state index contributed by atoms with van der Waals surface area (Å²) < 4.78 is 14.7. The Kier molecular flexibility index (Phi) is 5.11. The summed E-state index contributed by atoms with van der Waals surface area (Å²) in [5.41, 5.74) is 1.10. The Balaban J connectivity index is 1.76. The fourth-order valence-electron chi connectivity index (χ4n) is 2.41. The molecule has 1 aromatic heterocycles. The Morgan fingerprint density at radius 3 is 2.76 bits per heavy atom. The topological polar surface area (TPSA) is 51.1 Å². The van der Waals surface area contributed by atoms with E-state index < -0.39 is 5.82 Å². The molecule has 0 radical (unpaired) electrons. The maximum atomic E-state index is 13.1. The highest BCUT2D eigenvalue weighted by Crippen LogP contribution is 2.26. The zero-order valence-electron chi connectivity index (χ0n) is 13.3. The smallest absolute Gasteiger partial charge is 0.251 e. The lowest BCUT2D eigenvalue weighted by Gasteiger charge is -2.10. The number of nitrogens with zero attached hydrogens (tertiary/aromatic N) is 1. The van der Waals surface area contributed by atoms with Gasteiger partial charge in [0.2, 0.25) is 5.91 Å². The van der Waals surface area contributed by atoms with Crippen LogP contribution in [0.4, 0.5) is 10.1 Å². The molecule has 0 spiro atoms. The van der Waals surface area contributed by atoms with Crippen molar-refractivity contribution in [2.75, 3.05) is 11.1 Å². The molecule has 7 heteroatoms. The summed E-state index contributed by atoms with van der Waals surface area (Å²) in [5.74, 6) is -0.690. The van der Waals surface area contributed by atoms with Gasteiger partial charge < -0.3 is 9.88 Å². The van der Waals surface area contributed by atoms with E-state index in [2.05, 4.69) is 5.32 Å². The first-order valence-corrected chi connectivity index (χ1v) is 8.78. The minimum Gasteiger partial charge on any atom is -0.325 e. The number of rotatable bonds is 4. The zero-order valence-corrected chi connectivity index (χ0v) is 14.8. The number of hydrogen-bond donors (Lipinski definition) is 1. The number of halogens is 2. The van der Waals surface area contributed by atoms with Crippen LogP contribution in [-0.4, -0.2) is 16.2 Å². The number of aromatic nitrogens is 1. The molecule has 0 saturated carbocycles. The van der Waals surface area contributed by atoms with Crippen molar-refractivity contribution in [3.8, 4) is 0 Å². The van der Waals surface area contributed by atoms with E-state index in [9.17, 15) is 14.0 Å². The normalized spacial score (nSPS) is 10.8. The van der Waals surface area contributed by atoms with Crippen molar-refractivity contribution in [2.24, 2.45) is 7.05 Å². The number of nitrogens with one attached hydrogen (secondary N) is 1. The molecule has 4 nitrogen and oxygen atoms in total. The Labute approximate surface area is 152 Å². The van der Waals surface area contributed by atoms with Gasteiger partial charge in [0.1, 0.15) is 5.82 Å². The van der Waals surface area contributed by atoms with E-state index in [1.165, 1.54) is 36.0 Å². The number of fused-ring (bicyclic) bond motifs is 1. The number of anilines is 1. The van der Waals surface area contributed by atoms with Gasteiger partial charge in [0.25, 0.3) is 5.56 Å². The van der Waals surface area contributed by atoms with Crippen molar-refractivity contribution in [3.63, 3.8) is 0 Å². The maximum Gasteiger partial charge on any atom is 0.251 e. The first-order chi connectivity index (χ1) is 12.0. The number of aryl methyl sites for hydroxylation is 1. The molecule has 0 aliphatic heterocycles. The summed E-state index contributed by atoms with van der Waals surface area (Å²) in [6.45, 7) is 0. The quantitative estimate of drug-likeness (QED) is 0.698. The third-order valence-corrected chi connectivity index (χ3v) is 5.02. The third-order valence-electron chi connectivity index (χ3n) is 3.68. The highest BCUT2D eigenvalue weighted by atomic mass is 35.5. The predicted molar refractivity (Wildman–Crippen MR) is 100.0 cm³/mol. The standard InChI is InChI=1S/C18H14ClFN2O2S/c1-22-15-5-3-2-4-12(15)16(9-18(22)24)25-10-17(23)21-11-6-7-14(20)13(19)8-11/h2-9H,10H2,1H3,(H,21,23). The minimum absolute atomic E-state index is 0.0528. The summed E-state index contributed by atoms with van der Waals surface area (Å²) in [6, 6.07) is 13.0. The molecule has 1 heterocycles. The lowest BCUT2D eigenvalue weighted by atomic mass is 10.2. The van der Waals surface area contributed by atoms with E-state index in [4.69, 9.17) is 11.6 Å². The van der Waals surface area contributed by atoms with E-state index in [1.54, 1.807) is 11.6 Å². The van der Waals surface area contributed by atoms with E-state index >= 15 is 0 Å². The number of thioether (sulfide) groups is 1. The number of pyridine rings is 1. The van der Waals surface area contributed by atoms with Crippen LogP contribution in [0.3, 0.4) is 0 Å². The van der Waals surface area contributed by atoms with Gasteiger partial charge in [-0.2, -0.15) is 0 Å². The van der Waals surface area contributed by atoms with Crippen molar-refractivity contribution < 1.29 is 9.18 Å². The molecule has 0 unspecified atom stereocenters. The molecule has 0 bridgehead atoms. The maximum absolute atomic E-state index is 13.1. The van der Waals surface area contributed by atoms with E-state index in [-0.39, 0.29) is 22.2 Å². The fourth-order valence-corrected chi connectivity index (χ4v) is 3.47. The number of carbonyl (C=O) groups is 1. The van der Waals surface area contributed by atoms with Gasteiger partial charge in [-0.15, -0.1) is 11.8 Å². The highest BCUT2D eigenvalue weighted by molar-refractivity contribution is 8.00. The molecular weight excluding hydrogens is 363 g/mol. The van der Waals surface area contributed by atoms with Crippen LogP contribution in [0.1, 0.15) is 0 Å². The second-order valence-electron chi connectivity index (χ2n) is 5.39. The Bertz CT molecular complexity index is 1020. The average Bonchev–Trinajstić information content (AvgIpc) is 2.60. The molecule has 0 fully saturated rings. The molecular formula is C18H14ClFN2O2S. The van der Waals surface area contributed by atoms with E-state index in [0.29, 0.717) is 5.69 Å². The van der Waals surface area contributed by atoms with Gasteiger partial charge in [0, 0.05) is 29.1 Å². The summed E-state index contributed by atoms with van der Waals surface area (Å²) >= 11 is 6.97. The number of para-hydroxylation sites is 1. The van der Waals surface area contributed by atoms with Crippen LogP contribution in [0.2, 0.25) is 5.02 Å². The van der Waals surface area contributed by atoms with Crippen molar-refractivity contribution in [2.45, 2.75) is 4.90 Å². The predicted octanol–water partition coefficient (Wildman–Crippen LogP) is 4.06.